The van der Waals surface area contributed by atoms with Gasteiger partial charge in [0.1, 0.15) is 5.75 Å². The summed E-state index contributed by atoms with van der Waals surface area (Å²) in [6, 6.07) is 13.8. The number of furan rings is 1. The SMILES string of the molecule is O=C(O)c1ccc(Oc2ccc(Cl)c3ccccc23)o1. The molecule has 100 valence electrons. The Balaban J connectivity index is 2.02. The van der Waals surface area contributed by atoms with Gasteiger partial charge in [-0.2, -0.15) is 0 Å². The van der Waals surface area contributed by atoms with E-state index in [-0.39, 0.29) is 11.7 Å². The van der Waals surface area contributed by atoms with Gasteiger partial charge in [-0.25, -0.2) is 4.79 Å². The fraction of sp³-hybridized carbons (Fsp3) is 0. The van der Waals surface area contributed by atoms with E-state index in [1.165, 1.54) is 12.1 Å². The third-order valence-corrected chi connectivity index (χ3v) is 3.16. The summed E-state index contributed by atoms with van der Waals surface area (Å²) < 4.78 is 10.7. The van der Waals surface area contributed by atoms with Gasteiger partial charge in [0.2, 0.25) is 5.76 Å². The average molecular weight is 289 g/mol. The molecule has 0 radical (unpaired) electrons. The summed E-state index contributed by atoms with van der Waals surface area (Å²) in [5, 5.41) is 11.1. The number of carbonyl (C=O) groups is 1. The van der Waals surface area contributed by atoms with Crippen molar-refractivity contribution in [2.24, 2.45) is 0 Å². The zero-order valence-electron chi connectivity index (χ0n) is 10.2. The van der Waals surface area contributed by atoms with E-state index in [0.29, 0.717) is 10.8 Å². The van der Waals surface area contributed by atoms with Crippen molar-refractivity contribution in [2.45, 2.75) is 0 Å². The highest BCUT2D eigenvalue weighted by atomic mass is 35.5. The van der Waals surface area contributed by atoms with Gasteiger partial charge in [0.15, 0.2) is 0 Å². The van der Waals surface area contributed by atoms with Crippen molar-refractivity contribution < 1.29 is 19.1 Å². The predicted molar refractivity (Wildman–Crippen MR) is 74.7 cm³/mol. The summed E-state index contributed by atoms with van der Waals surface area (Å²) in [5.41, 5.74) is 0. The number of benzene rings is 2. The van der Waals surface area contributed by atoms with Gasteiger partial charge in [-0.1, -0.05) is 35.9 Å². The molecule has 0 aliphatic carbocycles. The summed E-state index contributed by atoms with van der Waals surface area (Å²) in [4.78, 5) is 10.8. The van der Waals surface area contributed by atoms with Crippen LogP contribution in [0.5, 0.6) is 11.7 Å². The van der Waals surface area contributed by atoms with Crippen LogP contribution in [0, 0.1) is 0 Å². The summed E-state index contributed by atoms with van der Waals surface area (Å²) in [6.45, 7) is 0. The van der Waals surface area contributed by atoms with Gasteiger partial charge >= 0.3 is 5.97 Å². The van der Waals surface area contributed by atoms with E-state index in [0.717, 1.165) is 10.8 Å². The van der Waals surface area contributed by atoms with Crippen molar-refractivity contribution in [2.75, 3.05) is 0 Å². The Morgan fingerprint density at radius 2 is 1.80 bits per heavy atom. The lowest BCUT2D eigenvalue weighted by atomic mass is 10.1. The zero-order chi connectivity index (χ0) is 14.1. The second kappa shape index (κ2) is 4.90. The minimum atomic E-state index is -1.14. The van der Waals surface area contributed by atoms with Crippen LogP contribution in [0.4, 0.5) is 0 Å². The minimum Gasteiger partial charge on any atom is -0.475 e. The monoisotopic (exact) mass is 288 g/mol. The Labute approximate surface area is 119 Å². The predicted octanol–water partition coefficient (Wildman–Crippen LogP) is 4.58. The molecule has 0 aliphatic rings. The topological polar surface area (TPSA) is 59.7 Å². The number of fused-ring (bicyclic) bond motifs is 1. The number of ether oxygens (including phenoxy) is 1. The molecule has 1 aromatic heterocycles. The highest BCUT2D eigenvalue weighted by molar-refractivity contribution is 6.35. The van der Waals surface area contributed by atoms with E-state index in [1.54, 1.807) is 12.1 Å². The van der Waals surface area contributed by atoms with Crippen molar-refractivity contribution in [3.8, 4) is 11.7 Å². The maximum Gasteiger partial charge on any atom is 0.371 e. The Morgan fingerprint density at radius 1 is 1.05 bits per heavy atom. The first-order valence-corrected chi connectivity index (χ1v) is 6.21. The van der Waals surface area contributed by atoms with Crippen LogP contribution in [-0.2, 0) is 0 Å². The van der Waals surface area contributed by atoms with Gasteiger partial charge in [-0.05, 0) is 18.2 Å². The smallest absolute Gasteiger partial charge is 0.371 e. The number of hydrogen-bond acceptors (Lipinski definition) is 3. The van der Waals surface area contributed by atoms with Crippen molar-refractivity contribution in [3.63, 3.8) is 0 Å². The molecule has 20 heavy (non-hydrogen) atoms. The van der Waals surface area contributed by atoms with E-state index in [1.807, 2.05) is 24.3 Å². The molecule has 5 heteroatoms. The van der Waals surface area contributed by atoms with Gasteiger partial charge < -0.3 is 14.3 Å². The van der Waals surface area contributed by atoms with E-state index in [2.05, 4.69) is 0 Å². The quantitative estimate of drug-likeness (QED) is 0.766. The first kappa shape index (κ1) is 12.6. The van der Waals surface area contributed by atoms with Gasteiger partial charge in [0.05, 0.1) is 0 Å². The molecule has 3 aromatic rings. The molecule has 3 rings (SSSR count). The normalized spacial score (nSPS) is 10.7. The van der Waals surface area contributed by atoms with Gasteiger partial charge in [-0.15, -0.1) is 0 Å². The Morgan fingerprint density at radius 3 is 2.50 bits per heavy atom. The number of rotatable bonds is 3. The molecule has 0 saturated carbocycles. The van der Waals surface area contributed by atoms with Crippen molar-refractivity contribution in [1.29, 1.82) is 0 Å². The number of halogens is 1. The number of carboxylic acids is 1. The molecular formula is C15H9ClO4. The van der Waals surface area contributed by atoms with Gasteiger partial charge in [0, 0.05) is 21.9 Å². The number of hydrogen-bond donors (Lipinski definition) is 1. The molecule has 0 spiro atoms. The third-order valence-electron chi connectivity index (χ3n) is 2.83. The highest BCUT2D eigenvalue weighted by Crippen LogP contribution is 2.34. The van der Waals surface area contributed by atoms with Crippen LogP contribution >= 0.6 is 11.6 Å². The summed E-state index contributed by atoms with van der Waals surface area (Å²) >= 11 is 6.12. The van der Waals surface area contributed by atoms with E-state index < -0.39 is 5.97 Å². The Kier molecular flexibility index (Phi) is 3.08. The highest BCUT2D eigenvalue weighted by Gasteiger charge is 2.12. The minimum absolute atomic E-state index is 0.120. The van der Waals surface area contributed by atoms with E-state index >= 15 is 0 Å². The summed E-state index contributed by atoms with van der Waals surface area (Å²) in [5.74, 6) is -0.634. The molecule has 0 bridgehead atoms. The molecule has 1 heterocycles. The third kappa shape index (κ3) is 2.21. The standard InChI is InChI=1S/C15H9ClO4/c16-11-5-6-12(10-4-2-1-3-9(10)11)19-14-8-7-13(20-14)15(17)18/h1-8H,(H,17,18). The Bertz CT molecular complexity index is 791. The molecule has 0 fully saturated rings. The van der Waals surface area contributed by atoms with Crippen LogP contribution in [0.25, 0.3) is 10.8 Å². The molecule has 0 atom stereocenters. The van der Waals surface area contributed by atoms with E-state index in [4.69, 9.17) is 25.9 Å². The molecule has 0 amide bonds. The fourth-order valence-corrected chi connectivity index (χ4v) is 2.15. The summed E-state index contributed by atoms with van der Waals surface area (Å²) in [7, 11) is 0. The second-order valence-corrected chi connectivity index (χ2v) is 4.52. The van der Waals surface area contributed by atoms with Crippen molar-refractivity contribution >= 4 is 28.3 Å². The molecule has 0 saturated heterocycles. The van der Waals surface area contributed by atoms with Crippen molar-refractivity contribution in [1.82, 2.24) is 0 Å². The number of aromatic carboxylic acids is 1. The Hall–Kier alpha value is -2.46. The van der Waals surface area contributed by atoms with Crippen LogP contribution in [0.1, 0.15) is 10.6 Å². The molecule has 1 N–H and O–H groups in total. The maximum absolute atomic E-state index is 10.8. The van der Waals surface area contributed by atoms with Gasteiger partial charge in [0.25, 0.3) is 5.95 Å². The molecule has 0 unspecified atom stereocenters. The number of carboxylic acid groups (broad SMARTS) is 1. The van der Waals surface area contributed by atoms with Crippen LogP contribution < -0.4 is 4.74 Å². The van der Waals surface area contributed by atoms with Crippen LogP contribution in [0.2, 0.25) is 5.02 Å². The maximum atomic E-state index is 10.8. The van der Waals surface area contributed by atoms with Crippen LogP contribution in [0.3, 0.4) is 0 Å². The second-order valence-electron chi connectivity index (χ2n) is 4.12. The first-order chi connectivity index (χ1) is 9.65. The molecule has 0 aliphatic heterocycles. The lowest BCUT2D eigenvalue weighted by Gasteiger charge is -2.07. The largest absolute Gasteiger partial charge is 0.475 e. The zero-order valence-corrected chi connectivity index (χ0v) is 10.9. The average Bonchev–Trinajstić information content (AvgIpc) is 2.91. The van der Waals surface area contributed by atoms with Crippen molar-refractivity contribution in [3.05, 3.63) is 59.3 Å². The summed E-state index contributed by atoms with van der Waals surface area (Å²) in [6.07, 6.45) is 0. The van der Waals surface area contributed by atoms with E-state index in [9.17, 15) is 4.79 Å². The molecular weight excluding hydrogens is 280 g/mol. The fourth-order valence-electron chi connectivity index (χ4n) is 1.92. The van der Waals surface area contributed by atoms with Crippen LogP contribution in [0.15, 0.2) is 52.9 Å². The van der Waals surface area contributed by atoms with Crippen LogP contribution in [-0.4, -0.2) is 11.1 Å². The lowest BCUT2D eigenvalue weighted by Crippen LogP contribution is -1.91. The molecule has 2 aromatic carbocycles. The lowest BCUT2D eigenvalue weighted by molar-refractivity contribution is 0.0657. The first-order valence-electron chi connectivity index (χ1n) is 5.83. The van der Waals surface area contributed by atoms with Gasteiger partial charge in [-0.3, -0.25) is 0 Å². The molecule has 4 nitrogen and oxygen atoms in total.